The molecular weight excluding hydrogens is 410 g/mol. The molecule has 0 N–H and O–H groups in total. The fourth-order valence-electron chi connectivity index (χ4n) is 2.75. The molecule has 0 saturated carbocycles. The lowest BCUT2D eigenvalue weighted by molar-refractivity contribution is -0.145. The van der Waals surface area contributed by atoms with Gasteiger partial charge in [0, 0.05) is 17.5 Å². The maximum atomic E-state index is 12.3. The van der Waals surface area contributed by atoms with Crippen molar-refractivity contribution in [2.45, 2.75) is 19.6 Å². The van der Waals surface area contributed by atoms with Crippen molar-refractivity contribution in [3.63, 3.8) is 0 Å². The van der Waals surface area contributed by atoms with Gasteiger partial charge in [-0.3, -0.25) is 14.2 Å². The molecule has 0 saturated heterocycles. The van der Waals surface area contributed by atoms with Crippen LogP contribution in [0.3, 0.4) is 0 Å². The molecule has 0 fully saturated rings. The molecule has 3 aromatic heterocycles. The molecule has 0 aliphatic heterocycles. The highest BCUT2D eigenvalue weighted by Gasteiger charge is 2.10. The van der Waals surface area contributed by atoms with E-state index in [2.05, 4.69) is 9.97 Å². The summed E-state index contributed by atoms with van der Waals surface area (Å²) in [6.45, 7) is 0.318. The highest BCUT2D eigenvalue weighted by atomic mass is 32.1. The minimum Gasteiger partial charge on any atom is -0.497 e. The van der Waals surface area contributed by atoms with Gasteiger partial charge in [0.1, 0.15) is 22.2 Å². The van der Waals surface area contributed by atoms with Crippen LogP contribution in [0.5, 0.6) is 5.75 Å². The average Bonchev–Trinajstić information content (AvgIpc) is 3.42. The number of benzene rings is 1. The monoisotopic (exact) mass is 427 g/mol. The lowest BCUT2D eigenvalue weighted by atomic mass is 10.2. The Morgan fingerprint density at radius 2 is 2.14 bits per heavy atom. The first kappa shape index (κ1) is 19.3. The van der Waals surface area contributed by atoms with Crippen molar-refractivity contribution >= 4 is 38.9 Å². The summed E-state index contributed by atoms with van der Waals surface area (Å²) in [5.41, 5.74) is 1.48. The van der Waals surface area contributed by atoms with Gasteiger partial charge in [-0.1, -0.05) is 12.1 Å². The quantitative estimate of drug-likeness (QED) is 0.418. The van der Waals surface area contributed by atoms with Gasteiger partial charge in [-0.25, -0.2) is 9.97 Å². The third-order valence-corrected chi connectivity index (χ3v) is 6.02. The standard InChI is InChI=1S/C20H17N3O4S2/c1-26-15-4-2-3-13(9-15)18-22-14(11-29-18)10-27-17(24)5-7-23-12-21-19-16(20(23)25)6-8-28-19/h2-4,6,8-9,11-12H,5,7,10H2,1H3. The van der Waals surface area contributed by atoms with Crippen LogP contribution in [0.25, 0.3) is 20.8 Å². The zero-order valence-corrected chi connectivity index (χ0v) is 17.2. The van der Waals surface area contributed by atoms with E-state index in [4.69, 9.17) is 9.47 Å². The van der Waals surface area contributed by atoms with Crippen LogP contribution in [0.4, 0.5) is 0 Å². The molecule has 9 heteroatoms. The smallest absolute Gasteiger partial charge is 0.307 e. The van der Waals surface area contributed by atoms with Crippen LogP contribution >= 0.6 is 22.7 Å². The van der Waals surface area contributed by atoms with E-state index in [1.54, 1.807) is 13.2 Å². The van der Waals surface area contributed by atoms with Crippen molar-refractivity contribution < 1.29 is 14.3 Å². The Morgan fingerprint density at radius 3 is 3.00 bits per heavy atom. The first-order valence-corrected chi connectivity index (χ1v) is 10.6. The molecule has 4 aromatic rings. The van der Waals surface area contributed by atoms with Gasteiger partial charge in [-0.15, -0.1) is 22.7 Å². The molecule has 0 bridgehead atoms. The summed E-state index contributed by atoms with van der Waals surface area (Å²) in [4.78, 5) is 33.8. The van der Waals surface area contributed by atoms with E-state index in [9.17, 15) is 9.59 Å². The van der Waals surface area contributed by atoms with E-state index in [0.29, 0.717) is 15.9 Å². The highest BCUT2D eigenvalue weighted by Crippen LogP contribution is 2.27. The first-order valence-electron chi connectivity index (χ1n) is 8.81. The third-order valence-electron chi connectivity index (χ3n) is 4.26. The van der Waals surface area contributed by atoms with E-state index in [0.717, 1.165) is 16.3 Å². The number of hydrogen-bond donors (Lipinski definition) is 0. The summed E-state index contributed by atoms with van der Waals surface area (Å²) >= 11 is 2.89. The van der Waals surface area contributed by atoms with Gasteiger partial charge in [0.25, 0.3) is 5.56 Å². The van der Waals surface area contributed by atoms with Crippen molar-refractivity contribution in [1.82, 2.24) is 14.5 Å². The van der Waals surface area contributed by atoms with Crippen LogP contribution in [0.15, 0.2) is 52.2 Å². The molecule has 0 amide bonds. The second-order valence-electron chi connectivity index (χ2n) is 6.17. The number of rotatable bonds is 7. The molecule has 4 rings (SSSR count). The van der Waals surface area contributed by atoms with Crippen LogP contribution in [0, 0.1) is 0 Å². The van der Waals surface area contributed by atoms with Gasteiger partial charge in [-0.05, 0) is 23.6 Å². The van der Waals surface area contributed by atoms with Crippen molar-refractivity contribution in [2.24, 2.45) is 0 Å². The number of carbonyl (C=O) groups is 1. The Balaban J connectivity index is 1.33. The molecular formula is C20H17N3O4S2. The molecule has 7 nitrogen and oxygen atoms in total. The average molecular weight is 428 g/mol. The predicted molar refractivity (Wildman–Crippen MR) is 112 cm³/mol. The number of hydrogen-bond acceptors (Lipinski definition) is 8. The van der Waals surface area contributed by atoms with Crippen LogP contribution in [0.1, 0.15) is 12.1 Å². The normalized spacial score (nSPS) is 10.9. The zero-order chi connectivity index (χ0) is 20.2. The number of thiazole rings is 1. The number of nitrogens with zero attached hydrogens (tertiary/aromatic N) is 3. The molecule has 29 heavy (non-hydrogen) atoms. The number of aromatic nitrogens is 3. The van der Waals surface area contributed by atoms with Gasteiger partial charge in [0.15, 0.2) is 0 Å². The second kappa shape index (κ2) is 8.54. The van der Waals surface area contributed by atoms with Crippen molar-refractivity contribution in [1.29, 1.82) is 0 Å². The molecule has 148 valence electrons. The molecule has 0 radical (unpaired) electrons. The van der Waals surface area contributed by atoms with E-state index >= 15 is 0 Å². The fraction of sp³-hybridized carbons (Fsp3) is 0.200. The van der Waals surface area contributed by atoms with Gasteiger partial charge in [0.2, 0.25) is 0 Å². The predicted octanol–water partition coefficient (Wildman–Crippen LogP) is 3.72. The molecule has 0 aliphatic rings. The number of esters is 1. The summed E-state index contributed by atoms with van der Waals surface area (Å²) in [6, 6.07) is 9.38. The van der Waals surface area contributed by atoms with Gasteiger partial charge < -0.3 is 9.47 Å². The lowest BCUT2D eigenvalue weighted by Gasteiger charge is -2.05. The maximum absolute atomic E-state index is 12.3. The summed E-state index contributed by atoms with van der Waals surface area (Å²) in [5.74, 6) is 0.370. The van der Waals surface area contributed by atoms with E-state index in [1.807, 2.05) is 35.0 Å². The van der Waals surface area contributed by atoms with E-state index < -0.39 is 5.97 Å². The Labute approximate surface area is 174 Å². The lowest BCUT2D eigenvalue weighted by Crippen LogP contribution is -2.21. The highest BCUT2D eigenvalue weighted by molar-refractivity contribution is 7.16. The summed E-state index contributed by atoms with van der Waals surface area (Å²) in [6.07, 6.45) is 1.55. The minimum atomic E-state index is -0.391. The van der Waals surface area contributed by atoms with Crippen LogP contribution in [-0.4, -0.2) is 27.6 Å². The van der Waals surface area contributed by atoms with Crippen molar-refractivity contribution in [2.75, 3.05) is 7.11 Å². The van der Waals surface area contributed by atoms with E-state index in [-0.39, 0.29) is 25.1 Å². The first-order chi connectivity index (χ1) is 14.1. The molecule has 0 spiro atoms. The molecule has 3 heterocycles. The number of thiophene rings is 1. The third kappa shape index (κ3) is 4.36. The Bertz CT molecular complexity index is 1210. The summed E-state index contributed by atoms with van der Waals surface area (Å²) < 4.78 is 12.0. The SMILES string of the molecule is COc1cccc(-c2nc(COC(=O)CCn3cnc4sccc4c3=O)cs2)c1. The van der Waals surface area contributed by atoms with Crippen molar-refractivity contribution in [3.05, 3.63) is 63.5 Å². The topological polar surface area (TPSA) is 83.3 Å². The van der Waals surface area contributed by atoms with Crippen LogP contribution in [0.2, 0.25) is 0 Å². The minimum absolute atomic E-state index is 0.0874. The number of aryl methyl sites for hydroxylation is 1. The largest absolute Gasteiger partial charge is 0.497 e. The molecule has 0 aliphatic carbocycles. The molecule has 1 aromatic carbocycles. The van der Waals surface area contributed by atoms with Crippen LogP contribution < -0.4 is 10.3 Å². The number of ether oxygens (including phenoxy) is 2. The summed E-state index contributed by atoms with van der Waals surface area (Å²) in [7, 11) is 1.62. The second-order valence-corrected chi connectivity index (χ2v) is 7.92. The number of carbonyl (C=O) groups excluding carboxylic acids is 1. The summed E-state index contributed by atoms with van der Waals surface area (Å²) in [5, 5.41) is 5.09. The molecule has 0 atom stereocenters. The van der Waals surface area contributed by atoms with Gasteiger partial charge in [-0.2, -0.15) is 0 Å². The fourth-order valence-corrected chi connectivity index (χ4v) is 4.28. The Hall–Kier alpha value is -3.04. The maximum Gasteiger partial charge on any atom is 0.307 e. The molecule has 0 unspecified atom stereocenters. The zero-order valence-electron chi connectivity index (χ0n) is 15.5. The van der Waals surface area contributed by atoms with Crippen LogP contribution in [-0.2, 0) is 22.7 Å². The van der Waals surface area contributed by atoms with Gasteiger partial charge in [0.05, 0.1) is 30.9 Å². The Morgan fingerprint density at radius 1 is 1.24 bits per heavy atom. The van der Waals surface area contributed by atoms with Gasteiger partial charge >= 0.3 is 5.97 Å². The van der Waals surface area contributed by atoms with Crippen molar-refractivity contribution in [3.8, 4) is 16.3 Å². The Kier molecular flexibility index (Phi) is 5.68. The number of methoxy groups -OCH3 is 1. The van der Waals surface area contributed by atoms with E-state index in [1.165, 1.54) is 33.6 Å². The number of fused-ring (bicyclic) bond motifs is 1.